The van der Waals surface area contributed by atoms with Crippen LogP contribution < -0.4 is 11.3 Å². The van der Waals surface area contributed by atoms with Gasteiger partial charge in [0, 0.05) is 5.54 Å². The van der Waals surface area contributed by atoms with Gasteiger partial charge in [-0.05, 0) is 76.2 Å². The van der Waals surface area contributed by atoms with Crippen molar-refractivity contribution in [2.24, 2.45) is 11.8 Å². The van der Waals surface area contributed by atoms with Gasteiger partial charge in [0.2, 0.25) is 0 Å². The van der Waals surface area contributed by atoms with Crippen molar-refractivity contribution in [3.8, 4) is 0 Å². The van der Waals surface area contributed by atoms with Crippen molar-refractivity contribution < 1.29 is 0 Å². The standard InChI is InChI=1S/C18H31N3/c1-13-9-11-18(12-10-13,21(4)5)17(20-19)16-8-6-7-14(2)15(16)3/h6-8,13,17,20H,9-12,19H2,1-5H3. The van der Waals surface area contributed by atoms with Gasteiger partial charge in [-0.3, -0.25) is 11.3 Å². The number of aryl methyl sites for hydroxylation is 1. The summed E-state index contributed by atoms with van der Waals surface area (Å²) in [4.78, 5) is 2.39. The molecule has 1 aliphatic rings. The first-order valence-corrected chi connectivity index (χ1v) is 8.12. The van der Waals surface area contributed by atoms with Crippen molar-refractivity contribution in [2.45, 2.75) is 58.0 Å². The van der Waals surface area contributed by atoms with E-state index in [9.17, 15) is 0 Å². The fourth-order valence-electron chi connectivity index (χ4n) is 3.88. The number of nitrogens with zero attached hydrogens (tertiary/aromatic N) is 1. The number of nitrogens with one attached hydrogen (secondary N) is 1. The molecule has 0 aliphatic heterocycles. The SMILES string of the molecule is Cc1cccc(C(NN)C2(N(C)C)CCC(C)CC2)c1C. The summed E-state index contributed by atoms with van der Waals surface area (Å²) in [5.41, 5.74) is 7.31. The average molecular weight is 289 g/mol. The Kier molecular flexibility index (Phi) is 5.07. The van der Waals surface area contributed by atoms with Gasteiger partial charge in [-0.15, -0.1) is 0 Å². The summed E-state index contributed by atoms with van der Waals surface area (Å²) in [6, 6.07) is 6.74. The molecule has 3 heteroatoms. The topological polar surface area (TPSA) is 41.3 Å². The Morgan fingerprint density at radius 1 is 1.24 bits per heavy atom. The lowest BCUT2D eigenvalue weighted by molar-refractivity contribution is 0.0426. The summed E-state index contributed by atoms with van der Waals surface area (Å²) in [5.74, 6) is 6.86. The zero-order chi connectivity index (χ0) is 15.6. The zero-order valence-electron chi connectivity index (χ0n) is 14.2. The van der Waals surface area contributed by atoms with E-state index in [0.29, 0.717) is 0 Å². The van der Waals surface area contributed by atoms with Crippen molar-refractivity contribution in [2.75, 3.05) is 14.1 Å². The number of rotatable bonds is 4. The Morgan fingerprint density at radius 2 is 1.86 bits per heavy atom. The largest absolute Gasteiger partial charge is 0.302 e. The normalized spacial score (nSPS) is 27.9. The minimum Gasteiger partial charge on any atom is -0.302 e. The second-order valence-electron chi connectivity index (χ2n) is 7.07. The van der Waals surface area contributed by atoms with Gasteiger partial charge in [0.15, 0.2) is 0 Å². The maximum Gasteiger partial charge on any atom is 0.0646 e. The predicted molar refractivity (Wildman–Crippen MR) is 90.0 cm³/mol. The van der Waals surface area contributed by atoms with Gasteiger partial charge in [0.05, 0.1) is 6.04 Å². The Labute approximate surface area is 129 Å². The molecule has 3 nitrogen and oxygen atoms in total. The lowest BCUT2D eigenvalue weighted by Gasteiger charge is -2.50. The molecule has 118 valence electrons. The van der Waals surface area contributed by atoms with E-state index >= 15 is 0 Å². The summed E-state index contributed by atoms with van der Waals surface area (Å²) in [6.07, 6.45) is 4.95. The van der Waals surface area contributed by atoms with Crippen LogP contribution in [-0.2, 0) is 0 Å². The molecule has 2 rings (SSSR count). The first kappa shape index (κ1) is 16.5. The molecular formula is C18H31N3. The van der Waals surface area contributed by atoms with Crippen LogP contribution in [-0.4, -0.2) is 24.5 Å². The second kappa shape index (κ2) is 6.47. The second-order valence-corrected chi connectivity index (χ2v) is 7.07. The lowest BCUT2D eigenvalue weighted by Crippen LogP contribution is -2.57. The summed E-state index contributed by atoms with van der Waals surface area (Å²) in [5, 5.41) is 0. The Bertz CT molecular complexity index is 473. The highest BCUT2D eigenvalue weighted by molar-refractivity contribution is 5.37. The third kappa shape index (κ3) is 3.01. The van der Waals surface area contributed by atoms with E-state index in [4.69, 9.17) is 5.84 Å². The zero-order valence-corrected chi connectivity index (χ0v) is 14.2. The van der Waals surface area contributed by atoms with Crippen molar-refractivity contribution in [1.82, 2.24) is 10.3 Å². The van der Waals surface area contributed by atoms with Crippen LogP contribution in [0, 0.1) is 19.8 Å². The first-order valence-electron chi connectivity index (χ1n) is 8.12. The number of likely N-dealkylation sites (N-methyl/N-ethyl adjacent to an activating group) is 1. The number of hydrazine groups is 1. The molecule has 0 amide bonds. The molecular weight excluding hydrogens is 258 g/mol. The van der Waals surface area contributed by atoms with E-state index in [1.54, 1.807) is 0 Å². The van der Waals surface area contributed by atoms with Gasteiger partial charge in [-0.2, -0.15) is 0 Å². The number of hydrogen-bond donors (Lipinski definition) is 2. The molecule has 0 bridgehead atoms. The highest BCUT2D eigenvalue weighted by Gasteiger charge is 2.43. The van der Waals surface area contributed by atoms with Crippen molar-refractivity contribution in [3.05, 3.63) is 34.9 Å². The van der Waals surface area contributed by atoms with Crippen molar-refractivity contribution in [1.29, 1.82) is 0 Å². The predicted octanol–water partition coefficient (Wildman–Crippen LogP) is 3.32. The molecule has 21 heavy (non-hydrogen) atoms. The quantitative estimate of drug-likeness (QED) is 0.660. The van der Waals surface area contributed by atoms with Crippen LogP contribution in [0.3, 0.4) is 0 Å². The summed E-state index contributed by atoms with van der Waals surface area (Å²) >= 11 is 0. The molecule has 1 aliphatic carbocycles. The minimum absolute atomic E-state index is 0.111. The van der Waals surface area contributed by atoms with Crippen LogP contribution in [0.1, 0.15) is 55.3 Å². The van der Waals surface area contributed by atoms with Crippen LogP contribution >= 0.6 is 0 Å². The van der Waals surface area contributed by atoms with Crippen LogP contribution in [0.4, 0.5) is 0 Å². The molecule has 0 radical (unpaired) electrons. The molecule has 0 heterocycles. The van der Waals surface area contributed by atoms with Crippen LogP contribution in [0.5, 0.6) is 0 Å². The molecule has 3 N–H and O–H groups in total. The fourth-order valence-corrected chi connectivity index (χ4v) is 3.88. The van der Waals surface area contributed by atoms with Crippen LogP contribution in [0.25, 0.3) is 0 Å². The molecule has 1 unspecified atom stereocenters. The summed E-state index contributed by atoms with van der Waals surface area (Å²) in [6.45, 7) is 6.75. The molecule has 0 spiro atoms. The van der Waals surface area contributed by atoms with Gasteiger partial charge in [0.1, 0.15) is 0 Å². The van der Waals surface area contributed by atoms with Gasteiger partial charge in [-0.1, -0.05) is 25.1 Å². The van der Waals surface area contributed by atoms with E-state index in [1.165, 1.54) is 42.4 Å². The molecule has 1 aromatic carbocycles. The van der Waals surface area contributed by atoms with Gasteiger partial charge in [0.25, 0.3) is 0 Å². The average Bonchev–Trinajstić information content (AvgIpc) is 2.46. The number of hydrogen-bond acceptors (Lipinski definition) is 3. The number of nitrogens with two attached hydrogens (primary N) is 1. The highest BCUT2D eigenvalue weighted by Crippen LogP contribution is 2.44. The molecule has 0 saturated heterocycles. The lowest BCUT2D eigenvalue weighted by atomic mass is 9.70. The maximum absolute atomic E-state index is 6.04. The van der Waals surface area contributed by atoms with Gasteiger partial charge < -0.3 is 4.90 Å². The van der Waals surface area contributed by atoms with E-state index in [0.717, 1.165) is 5.92 Å². The van der Waals surface area contributed by atoms with E-state index < -0.39 is 0 Å². The Hall–Kier alpha value is -0.900. The van der Waals surface area contributed by atoms with E-state index in [-0.39, 0.29) is 11.6 Å². The van der Waals surface area contributed by atoms with Crippen LogP contribution in [0.2, 0.25) is 0 Å². The molecule has 1 aromatic rings. The molecule has 1 fully saturated rings. The van der Waals surface area contributed by atoms with E-state index in [2.05, 4.69) is 63.4 Å². The molecule has 1 atom stereocenters. The smallest absolute Gasteiger partial charge is 0.0646 e. The molecule has 1 saturated carbocycles. The van der Waals surface area contributed by atoms with Gasteiger partial charge in [-0.25, -0.2) is 0 Å². The maximum atomic E-state index is 6.04. The van der Waals surface area contributed by atoms with E-state index in [1.807, 2.05) is 0 Å². The third-order valence-corrected chi connectivity index (χ3v) is 5.69. The third-order valence-electron chi connectivity index (χ3n) is 5.69. The summed E-state index contributed by atoms with van der Waals surface area (Å²) < 4.78 is 0. The summed E-state index contributed by atoms with van der Waals surface area (Å²) in [7, 11) is 4.40. The monoisotopic (exact) mass is 289 g/mol. The Balaban J connectivity index is 2.43. The van der Waals surface area contributed by atoms with Crippen molar-refractivity contribution in [3.63, 3.8) is 0 Å². The number of benzene rings is 1. The highest BCUT2D eigenvalue weighted by atomic mass is 15.3. The van der Waals surface area contributed by atoms with Crippen LogP contribution in [0.15, 0.2) is 18.2 Å². The fraction of sp³-hybridized carbons (Fsp3) is 0.667. The molecule has 0 aromatic heterocycles. The Morgan fingerprint density at radius 3 is 2.38 bits per heavy atom. The van der Waals surface area contributed by atoms with Crippen molar-refractivity contribution >= 4 is 0 Å². The van der Waals surface area contributed by atoms with Gasteiger partial charge >= 0.3 is 0 Å². The first-order chi connectivity index (χ1) is 9.92. The minimum atomic E-state index is 0.111.